The molecule has 4 rings (SSSR count). The highest BCUT2D eigenvalue weighted by atomic mass is 32.2. The summed E-state index contributed by atoms with van der Waals surface area (Å²) in [4.78, 5) is 4.86. The third-order valence-corrected chi connectivity index (χ3v) is 8.30. The number of aromatic nitrogens is 1. The molecular weight excluding hydrogens is 472 g/mol. The molecule has 1 aliphatic rings. The Bertz CT molecular complexity index is 1270. The van der Waals surface area contributed by atoms with Gasteiger partial charge in [-0.25, -0.2) is 13.4 Å². The summed E-state index contributed by atoms with van der Waals surface area (Å²) >= 11 is 1.39. The first-order chi connectivity index (χ1) is 16.4. The van der Waals surface area contributed by atoms with Crippen LogP contribution in [0.3, 0.4) is 0 Å². The molecule has 2 heterocycles. The van der Waals surface area contributed by atoms with Crippen LogP contribution >= 0.6 is 11.3 Å². The zero-order chi connectivity index (χ0) is 24.1. The van der Waals surface area contributed by atoms with Crippen molar-refractivity contribution in [2.45, 2.75) is 24.7 Å². The van der Waals surface area contributed by atoms with Gasteiger partial charge in [0.05, 0.1) is 31.0 Å². The molecule has 0 spiro atoms. The molecule has 1 N–H and O–H groups in total. The first-order valence-electron chi connectivity index (χ1n) is 11.0. The molecule has 0 bridgehead atoms. The number of para-hydroxylation sites is 1. The molecule has 1 saturated heterocycles. The smallest absolute Gasteiger partial charge is 0.243 e. The van der Waals surface area contributed by atoms with Crippen molar-refractivity contribution >= 4 is 32.7 Å². The summed E-state index contributed by atoms with van der Waals surface area (Å²) in [5.41, 5.74) is 5.12. The lowest BCUT2D eigenvalue weighted by atomic mass is 10.0. The highest BCUT2D eigenvalue weighted by Crippen LogP contribution is 2.31. The largest absolute Gasteiger partial charge is 0.493 e. The minimum Gasteiger partial charge on any atom is -0.493 e. The lowest BCUT2D eigenvalue weighted by molar-refractivity contribution is 0.281. The van der Waals surface area contributed by atoms with Crippen LogP contribution in [-0.2, 0) is 10.0 Å². The van der Waals surface area contributed by atoms with E-state index in [4.69, 9.17) is 9.47 Å². The van der Waals surface area contributed by atoms with E-state index in [9.17, 15) is 8.42 Å². The highest BCUT2D eigenvalue weighted by Gasteiger charge is 2.28. The van der Waals surface area contributed by atoms with Crippen molar-refractivity contribution in [1.82, 2.24) is 9.29 Å². The van der Waals surface area contributed by atoms with Crippen LogP contribution in [-0.4, -0.2) is 51.2 Å². The summed E-state index contributed by atoms with van der Waals surface area (Å²) in [6, 6.07) is 12.5. The molecule has 1 atom stereocenters. The number of hydrogen-bond acceptors (Lipinski definition) is 8. The Balaban J connectivity index is 1.49. The van der Waals surface area contributed by atoms with Crippen LogP contribution in [0.5, 0.6) is 11.5 Å². The van der Waals surface area contributed by atoms with Crippen LogP contribution in [0.1, 0.15) is 25.3 Å². The van der Waals surface area contributed by atoms with Gasteiger partial charge in [0, 0.05) is 29.6 Å². The number of benzene rings is 2. The van der Waals surface area contributed by atoms with Gasteiger partial charge in [0.1, 0.15) is 0 Å². The molecule has 0 radical (unpaired) electrons. The van der Waals surface area contributed by atoms with Crippen molar-refractivity contribution in [2.24, 2.45) is 11.0 Å². The topological polar surface area (TPSA) is 93.1 Å². The van der Waals surface area contributed by atoms with Crippen molar-refractivity contribution in [3.05, 3.63) is 53.4 Å². The number of ether oxygens (including phenoxy) is 2. The molecule has 1 unspecified atom stereocenters. The van der Waals surface area contributed by atoms with E-state index >= 15 is 0 Å². The van der Waals surface area contributed by atoms with E-state index in [1.165, 1.54) is 11.3 Å². The highest BCUT2D eigenvalue weighted by molar-refractivity contribution is 7.89. The van der Waals surface area contributed by atoms with Gasteiger partial charge in [-0.1, -0.05) is 25.1 Å². The molecule has 0 aliphatic carbocycles. The fourth-order valence-corrected chi connectivity index (χ4v) is 6.27. The van der Waals surface area contributed by atoms with E-state index in [1.54, 1.807) is 42.9 Å². The third-order valence-electron chi connectivity index (χ3n) is 5.69. The average molecular weight is 501 g/mol. The number of hydrazone groups is 1. The minimum atomic E-state index is -3.53. The fraction of sp³-hybridized carbons (Fsp3) is 0.333. The number of anilines is 1. The van der Waals surface area contributed by atoms with Gasteiger partial charge in [0.25, 0.3) is 0 Å². The van der Waals surface area contributed by atoms with E-state index in [2.05, 4.69) is 22.4 Å². The number of nitrogens with one attached hydrogen (secondary N) is 1. The van der Waals surface area contributed by atoms with E-state index in [0.29, 0.717) is 46.2 Å². The third kappa shape index (κ3) is 5.24. The fourth-order valence-electron chi connectivity index (χ4n) is 3.96. The first-order valence-corrected chi connectivity index (χ1v) is 13.3. The second-order valence-corrected chi connectivity index (χ2v) is 10.9. The average Bonchev–Trinajstić information content (AvgIpc) is 3.33. The Morgan fingerprint density at radius 2 is 2.03 bits per heavy atom. The quantitative estimate of drug-likeness (QED) is 0.356. The zero-order valence-electron chi connectivity index (χ0n) is 19.4. The molecule has 8 nitrogen and oxygen atoms in total. The van der Waals surface area contributed by atoms with E-state index < -0.39 is 10.0 Å². The molecule has 1 aromatic heterocycles. The molecule has 180 valence electrons. The van der Waals surface area contributed by atoms with Crippen molar-refractivity contribution in [1.29, 1.82) is 0 Å². The summed E-state index contributed by atoms with van der Waals surface area (Å²) in [5, 5.41) is 6.73. The molecule has 34 heavy (non-hydrogen) atoms. The number of hydrogen-bond donors (Lipinski definition) is 1. The van der Waals surface area contributed by atoms with Crippen LogP contribution in [0, 0.1) is 5.92 Å². The van der Waals surface area contributed by atoms with E-state index in [1.807, 2.05) is 29.6 Å². The van der Waals surface area contributed by atoms with Gasteiger partial charge in [-0.05, 0) is 43.0 Å². The van der Waals surface area contributed by atoms with Crippen LogP contribution in [0.4, 0.5) is 5.13 Å². The van der Waals surface area contributed by atoms with Gasteiger partial charge in [-0.2, -0.15) is 9.41 Å². The van der Waals surface area contributed by atoms with Crippen LogP contribution in [0.2, 0.25) is 0 Å². The molecule has 10 heteroatoms. The number of methoxy groups -OCH3 is 2. The normalized spacial score (nSPS) is 17.1. The molecule has 3 aromatic rings. The lowest BCUT2D eigenvalue weighted by Gasteiger charge is -2.30. The molecule has 2 aromatic carbocycles. The van der Waals surface area contributed by atoms with Crippen LogP contribution < -0.4 is 14.9 Å². The van der Waals surface area contributed by atoms with Crippen molar-refractivity contribution < 1.29 is 17.9 Å². The van der Waals surface area contributed by atoms with Crippen molar-refractivity contribution in [3.63, 3.8) is 0 Å². The molecule has 1 aliphatic heterocycles. The summed E-state index contributed by atoms with van der Waals surface area (Å²) in [5.74, 6) is 1.59. The predicted molar refractivity (Wildman–Crippen MR) is 135 cm³/mol. The summed E-state index contributed by atoms with van der Waals surface area (Å²) < 4.78 is 38.6. The Labute approximate surface area is 204 Å². The van der Waals surface area contributed by atoms with Crippen molar-refractivity contribution in [2.75, 3.05) is 32.7 Å². The Morgan fingerprint density at radius 3 is 2.79 bits per heavy atom. The van der Waals surface area contributed by atoms with E-state index in [0.717, 1.165) is 24.0 Å². The van der Waals surface area contributed by atoms with Gasteiger partial charge < -0.3 is 9.47 Å². The number of thiazole rings is 1. The molecular formula is C24H28N4O4S2. The zero-order valence-corrected chi connectivity index (χ0v) is 21.0. The summed E-state index contributed by atoms with van der Waals surface area (Å²) in [6.07, 6.45) is 3.59. The van der Waals surface area contributed by atoms with E-state index in [-0.39, 0.29) is 0 Å². The van der Waals surface area contributed by atoms with Gasteiger partial charge >= 0.3 is 0 Å². The lowest BCUT2D eigenvalue weighted by Crippen LogP contribution is -2.39. The van der Waals surface area contributed by atoms with Gasteiger partial charge in [0.15, 0.2) is 11.5 Å². The number of sulfonamides is 1. The second-order valence-electron chi connectivity index (χ2n) is 8.13. The Morgan fingerprint density at radius 1 is 1.21 bits per heavy atom. The summed E-state index contributed by atoms with van der Waals surface area (Å²) in [7, 11) is -0.364. The molecule has 0 amide bonds. The summed E-state index contributed by atoms with van der Waals surface area (Å²) in [6.45, 7) is 3.22. The maximum Gasteiger partial charge on any atom is 0.243 e. The van der Waals surface area contributed by atoms with Gasteiger partial charge in [0.2, 0.25) is 15.2 Å². The van der Waals surface area contributed by atoms with Gasteiger partial charge in [-0.3, -0.25) is 5.43 Å². The molecule has 1 fully saturated rings. The standard InChI is InChI=1S/C24H28N4O4S2/c1-17-7-6-12-28(15-17)34(29,30)20-10-4-8-18(13-20)21-16-33-24(26-21)27-25-14-19-9-5-11-22(31-2)23(19)32-3/h4-5,8-11,13-14,16-17H,6-7,12,15H2,1-3H3,(H,26,27)/b25-14+. The SMILES string of the molecule is COc1cccc(/C=N/Nc2nc(-c3cccc(S(=O)(=O)N4CCCC(C)C4)c3)cs2)c1OC. The number of nitrogens with zero attached hydrogens (tertiary/aromatic N) is 3. The predicted octanol–water partition coefficient (Wildman–Crippen LogP) is 4.69. The van der Waals surface area contributed by atoms with Gasteiger partial charge in [-0.15, -0.1) is 11.3 Å². The maximum atomic E-state index is 13.2. The van der Waals surface area contributed by atoms with Crippen molar-refractivity contribution in [3.8, 4) is 22.8 Å². The minimum absolute atomic E-state index is 0.296. The first kappa shape index (κ1) is 24.2. The Kier molecular flexibility index (Phi) is 7.50. The maximum absolute atomic E-state index is 13.2. The monoisotopic (exact) mass is 500 g/mol. The number of piperidine rings is 1. The van der Waals surface area contributed by atoms with Crippen LogP contribution in [0.15, 0.2) is 57.8 Å². The van der Waals surface area contributed by atoms with Crippen LogP contribution in [0.25, 0.3) is 11.3 Å². The second kappa shape index (κ2) is 10.5. The number of rotatable bonds is 8. The Hall–Kier alpha value is -2.95. The molecule has 0 saturated carbocycles.